The monoisotopic (exact) mass is 216 g/mol. The number of rotatable bonds is 2. The Morgan fingerprint density at radius 1 is 1.25 bits per heavy atom. The average Bonchev–Trinajstić information content (AvgIpc) is 2.28. The van der Waals surface area contributed by atoms with E-state index in [-0.39, 0.29) is 11.4 Å². The van der Waals surface area contributed by atoms with Crippen molar-refractivity contribution in [1.82, 2.24) is 9.97 Å². The standard InChI is InChI=1S/C11H12N4O/c12-6-7-1-3-8(4-2-7)11-14-9(13)5-10(16)15-11/h1-5H,6,12H2,(H3,13,14,15,16). The number of nitrogen functional groups attached to an aromatic ring is 1. The molecule has 1 aromatic carbocycles. The second-order valence-electron chi connectivity index (χ2n) is 3.42. The van der Waals surface area contributed by atoms with Crippen LogP contribution in [0.1, 0.15) is 5.56 Å². The Kier molecular flexibility index (Phi) is 2.70. The van der Waals surface area contributed by atoms with Crippen molar-refractivity contribution in [3.8, 4) is 11.4 Å². The van der Waals surface area contributed by atoms with Gasteiger partial charge in [0.15, 0.2) is 0 Å². The molecule has 0 radical (unpaired) electrons. The van der Waals surface area contributed by atoms with Crippen LogP contribution in [0.2, 0.25) is 0 Å². The molecule has 0 aliphatic carbocycles. The van der Waals surface area contributed by atoms with E-state index in [1.807, 2.05) is 24.3 Å². The number of nitrogens with zero attached hydrogens (tertiary/aromatic N) is 1. The largest absolute Gasteiger partial charge is 0.383 e. The van der Waals surface area contributed by atoms with Crippen molar-refractivity contribution in [2.75, 3.05) is 5.73 Å². The third-order valence-corrected chi connectivity index (χ3v) is 2.22. The van der Waals surface area contributed by atoms with E-state index in [1.54, 1.807) is 0 Å². The second kappa shape index (κ2) is 4.16. The molecule has 0 fully saturated rings. The third kappa shape index (κ3) is 2.09. The first-order valence-electron chi connectivity index (χ1n) is 4.85. The van der Waals surface area contributed by atoms with Gasteiger partial charge in [0.2, 0.25) is 0 Å². The van der Waals surface area contributed by atoms with Crippen molar-refractivity contribution >= 4 is 5.82 Å². The van der Waals surface area contributed by atoms with Crippen LogP contribution >= 0.6 is 0 Å². The van der Waals surface area contributed by atoms with Gasteiger partial charge < -0.3 is 16.5 Å². The van der Waals surface area contributed by atoms with Gasteiger partial charge in [-0.25, -0.2) is 4.98 Å². The number of nitrogens with two attached hydrogens (primary N) is 2. The number of benzene rings is 1. The predicted molar refractivity (Wildman–Crippen MR) is 62.6 cm³/mol. The van der Waals surface area contributed by atoms with Crippen LogP contribution in [0.15, 0.2) is 35.1 Å². The molecule has 2 rings (SSSR count). The smallest absolute Gasteiger partial charge is 0.253 e. The van der Waals surface area contributed by atoms with E-state index < -0.39 is 0 Å². The van der Waals surface area contributed by atoms with Crippen LogP contribution in [-0.4, -0.2) is 9.97 Å². The fourth-order valence-electron chi connectivity index (χ4n) is 1.41. The van der Waals surface area contributed by atoms with Gasteiger partial charge in [0.25, 0.3) is 5.56 Å². The highest BCUT2D eigenvalue weighted by atomic mass is 16.1. The normalized spacial score (nSPS) is 10.3. The van der Waals surface area contributed by atoms with Gasteiger partial charge in [-0.2, -0.15) is 0 Å². The Morgan fingerprint density at radius 3 is 2.50 bits per heavy atom. The van der Waals surface area contributed by atoms with Gasteiger partial charge in [0.05, 0.1) is 0 Å². The molecule has 0 spiro atoms. The van der Waals surface area contributed by atoms with Crippen molar-refractivity contribution < 1.29 is 0 Å². The van der Waals surface area contributed by atoms with Crippen LogP contribution in [0.3, 0.4) is 0 Å². The van der Waals surface area contributed by atoms with Crippen LogP contribution in [-0.2, 0) is 6.54 Å². The van der Waals surface area contributed by atoms with E-state index >= 15 is 0 Å². The molecule has 0 amide bonds. The highest BCUT2D eigenvalue weighted by Crippen LogP contribution is 2.14. The molecule has 0 saturated carbocycles. The summed E-state index contributed by atoms with van der Waals surface area (Å²) in [6, 6.07) is 8.72. The van der Waals surface area contributed by atoms with Gasteiger partial charge in [-0.3, -0.25) is 4.79 Å². The molecule has 2 aromatic rings. The lowest BCUT2D eigenvalue weighted by Gasteiger charge is -2.02. The van der Waals surface area contributed by atoms with Gasteiger partial charge in [-0.1, -0.05) is 24.3 Å². The minimum absolute atomic E-state index is 0.210. The van der Waals surface area contributed by atoms with Gasteiger partial charge in [0.1, 0.15) is 11.6 Å². The summed E-state index contributed by atoms with van der Waals surface area (Å²) in [5.74, 6) is 0.676. The molecule has 0 aliphatic heterocycles. The first-order valence-corrected chi connectivity index (χ1v) is 4.85. The van der Waals surface area contributed by atoms with Crippen LogP contribution in [0, 0.1) is 0 Å². The lowest BCUT2D eigenvalue weighted by molar-refractivity contribution is 1.07. The average molecular weight is 216 g/mol. The molecule has 5 nitrogen and oxygen atoms in total. The molecular weight excluding hydrogens is 204 g/mol. The van der Waals surface area contributed by atoms with Gasteiger partial charge in [0, 0.05) is 18.2 Å². The van der Waals surface area contributed by atoms with E-state index in [1.165, 1.54) is 6.07 Å². The van der Waals surface area contributed by atoms with Gasteiger partial charge in [-0.15, -0.1) is 0 Å². The van der Waals surface area contributed by atoms with E-state index in [4.69, 9.17) is 11.5 Å². The molecule has 0 unspecified atom stereocenters. The molecular formula is C11H12N4O. The first-order chi connectivity index (χ1) is 7.69. The Hall–Kier alpha value is -2.14. The maximum absolute atomic E-state index is 11.2. The molecule has 0 aliphatic rings. The number of aromatic amines is 1. The van der Waals surface area contributed by atoms with Gasteiger partial charge >= 0.3 is 0 Å². The molecule has 82 valence electrons. The van der Waals surface area contributed by atoms with Crippen LogP contribution < -0.4 is 17.0 Å². The van der Waals surface area contributed by atoms with Crippen LogP contribution in [0.5, 0.6) is 0 Å². The van der Waals surface area contributed by atoms with Crippen molar-refractivity contribution in [2.45, 2.75) is 6.54 Å². The molecule has 5 N–H and O–H groups in total. The summed E-state index contributed by atoms with van der Waals surface area (Å²) in [5.41, 5.74) is 12.6. The Bertz CT molecular complexity index is 545. The molecule has 0 bridgehead atoms. The summed E-state index contributed by atoms with van der Waals surface area (Å²) in [6.45, 7) is 0.487. The number of aromatic nitrogens is 2. The van der Waals surface area contributed by atoms with Crippen LogP contribution in [0.4, 0.5) is 5.82 Å². The molecule has 0 atom stereocenters. The maximum atomic E-state index is 11.2. The maximum Gasteiger partial charge on any atom is 0.253 e. The molecule has 0 saturated heterocycles. The predicted octanol–water partition coefficient (Wildman–Crippen LogP) is 0.478. The zero-order chi connectivity index (χ0) is 11.5. The Morgan fingerprint density at radius 2 is 1.94 bits per heavy atom. The molecule has 5 heteroatoms. The molecule has 16 heavy (non-hydrogen) atoms. The van der Waals surface area contributed by atoms with E-state index in [0.717, 1.165) is 11.1 Å². The van der Waals surface area contributed by atoms with Crippen molar-refractivity contribution in [1.29, 1.82) is 0 Å². The van der Waals surface area contributed by atoms with E-state index in [2.05, 4.69) is 9.97 Å². The minimum atomic E-state index is -0.259. The van der Waals surface area contributed by atoms with Crippen molar-refractivity contribution in [3.05, 3.63) is 46.2 Å². The Labute approximate surface area is 92.1 Å². The lowest BCUT2D eigenvalue weighted by Crippen LogP contribution is -2.09. The van der Waals surface area contributed by atoms with Gasteiger partial charge in [-0.05, 0) is 5.56 Å². The third-order valence-electron chi connectivity index (χ3n) is 2.22. The van der Waals surface area contributed by atoms with E-state index in [0.29, 0.717) is 12.4 Å². The van der Waals surface area contributed by atoms with Crippen molar-refractivity contribution in [2.24, 2.45) is 5.73 Å². The zero-order valence-corrected chi connectivity index (χ0v) is 8.60. The molecule has 1 heterocycles. The summed E-state index contributed by atoms with van der Waals surface area (Å²) in [5, 5.41) is 0. The SMILES string of the molecule is NCc1ccc(-c2nc(N)cc(=O)[nH]2)cc1. The lowest BCUT2D eigenvalue weighted by atomic mass is 10.1. The fraction of sp³-hybridized carbons (Fsp3) is 0.0909. The number of H-pyrrole nitrogens is 1. The zero-order valence-electron chi connectivity index (χ0n) is 8.60. The first kappa shape index (κ1) is 10.4. The van der Waals surface area contributed by atoms with Crippen molar-refractivity contribution in [3.63, 3.8) is 0 Å². The highest BCUT2D eigenvalue weighted by Gasteiger charge is 2.01. The summed E-state index contributed by atoms with van der Waals surface area (Å²) >= 11 is 0. The fourth-order valence-corrected chi connectivity index (χ4v) is 1.41. The topological polar surface area (TPSA) is 97.8 Å². The van der Waals surface area contributed by atoms with Crippen LogP contribution in [0.25, 0.3) is 11.4 Å². The minimum Gasteiger partial charge on any atom is -0.383 e. The summed E-state index contributed by atoms with van der Waals surface area (Å²) < 4.78 is 0. The number of anilines is 1. The second-order valence-corrected chi connectivity index (χ2v) is 3.42. The van der Waals surface area contributed by atoms with E-state index in [9.17, 15) is 4.79 Å². The summed E-state index contributed by atoms with van der Waals surface area (Å²) in [4.78, 5) is 17.9. The highest BCUT2D eigenvalue weighted by molar-refractivity contribution is 5.56. The molecule has 1 aromatic heterocycles. The summed E-state index contributed by atoms with van der Waals surface area (Å²) in [6.07, 6.45) is 0. The summed E-state index contributed by atoms with van der Waals surface area (Å²) in [7, 11) is 0. The Balaban J connectivity index is 2.46. The number of nitrogens with one attached hydrogen (secondary N) is 1. The number of hydrogen-bond donors (Lipinski definition) is 3. The number of hydrogen-bond acceptors (Lipinski definition) is 4. The quantitative estimate of drug-likeness (QED) is 0.680.